The third-order valence-electron chi connectivity index (χ3n) is 2.93. The van der Waals surface area contributed by atoms with Crippen molar-refractivity contribution in [1.82, 2.24) is 0 Å². The number of nitrogens with two attached hydrogens (primary N) is 1. The Morgan fingerprint density at radius 2 is 1.94 bits per heavy atom. The summed E-state index contributed by atoms with van der Waals surface area (Å²) < 4.78 is 11.5. The quantitative estimate of drug-likeness (QED) is 0.905. The molecule has 0 saturated heterocycles. The Labute approximate surface area is 117 Å². The van der Waals surface area contributed by atoms with Gasteiger partial charge in [-0.2, -0.15) is 0 Å². The first kappa shape index (κ1) is 13.9. The van der Waals surface area contributed by atoms with Crippen molar-refractivity contribution in [2.24, 2.45) is 5.73 Å². The third-order valence-corrected chi connectivity index (χ3v) is 3.37. The Balaban J connectivity index is 1.96. The number of hydrogen-bond donors (Lipinski definition) is 1. The third kappa shape index (κ3) is 3.29. The van der Waals surface area contributed by atoms with Crippen molar-refractivity contribution in [3.63, 3.8) is 0 Å². The molecule has 0 aliphatic heterocycles. The standard InChI is InChI=1S/C13H17Cl2NO2/c1-2-3-17-13-11(16)7-12(13)18-10-5-8(14)4-9(15)6-10/h4-6,11-13H,2-3,7,16H2,1H3. The predicted molar refractivity (Wildman–Crippen MR) is 73.5 cm³/mol. The molecule has 3 unspecified atom stereocenters. The number of benzene rings is 1. The molecular weight excluding hydrogens is 273 g/mol. The molecule has 0 spiro atoms. The summed E-state index contributed by atoms with van der Waals surface area (Å²) in [7, 11) is 0. The van der Waals surface area contributed by atoms with Gasteiger partial charge < -0.3 is 15.2 Å². The number of rotatable bonds is 5. The second kappa shape index (κ2) is 6.11. The summed E-state index contributed by atoms with van der Waals surface area (Å²) >= 11 is 11.8. The van der Waals surface area contributed by atoms with Gasteiger partial charge in [-0.3, -0.25) is 0 Å². The zero-order chi connectivity index (χ0) is 13.1. The van der Waals surface area contributed by atoms with E-state index in [0.717, 1.165) is 12.8 Å². The highest BCUT2D eigenvalue weighted by molar-refractivity contribution is 6.34. The van der Waals surface area contributed by atoms with E-state index < -0.39 is 0 Å². The fourth-order valence-electron chi connectivity index (χ4n) is 1.99. The van der Waals surface area contributed by atoms with Gasteiger partial charge in [0, 0.05) is 29.1 Å². The number of halogens is 2. The summed E-state index contributed by atoms with van der Waals surface area (Å²) in [6, 6.07) is 5.21. The van der Waals surface area contributed by atoms with Gasteiger partial charge in [-0.05, 0) is 24.6 Å². The minimum atomic E-state index is -0.0392. The average molecular weight is 290 g/mol. The first-order chi connectivity index (χ1) is 8.60. The fourth-order valence-corrected chi connectivity index (χ4v) is 2.49. The van der Waals surface area contributed by atoms with Crippen LogP contribution in [0.1, 0.15) is 19.8 Å². The average Bonchev–Trinajstić information content (AvgIpc) is 2.27. The molecule has 0 radical (unpaired) electrons. The second-order valence-electron chi connectivity index (χ2n) is 4.50. The Hall–Kier alpha value is -0.480. The van der Waals surface area contributed by atoms with Crippen LogP contribution in [0, 0.1) is 0 Å². The lowest BCUT2D eigenvalue weighted by Crippen LogP contribution is -2.59. The molecule has 0 aromatic heterocycles. The van der Waals surface area contributed by atoms with Gasteiger partial charge in [-0.15, -0.1) is 0 Å². The molecule has 2 N–H and O–H groups in total. The van der Waals surface area contributed by atoms with Crippen molar-refractivity contribution in [1.29, 1.82) is 0 Å². The topological polar surface area (TPSA) is 44.5 Å². The second-order valence-corrected chi connectivity index (χ2v) is 5.37. The minimum Gasteiger partial charge on any atom is -0.487 e. The largest absolute Gasteiger partial charge is 0.487 e. The van der Waals surface area contributed by atoms with Crippen molar-refractivity contribution < 1.29 is 9.47 Å². The Kier molecular flexibility index (Phi) is 4.73. The molecule has 1 aliphatic rings. The molecular formula is C13H17Cl2NO2. The van der Waals surface area contributed by atoms with Gasteiger partial charge >= 0.3 is 0 Å². The fraction of sp³-hybridized carbons (Fsp3) is 0.538. The molecule has 0 heterocycles. The normalized spacial score (nSPS) is 26.8. The van der Waals surface area contributed by atoms with E-state index in [9.17, 15) is 0 Å². The summed E-state index contributed by atoms with van der Waals surface area (Å²) in [6.07, 6.45) is 1.71. The molecule has 1 aromatic rings. The van der Waals surface area contributed by atoms with Gasteiger partial charge in [0.05, 0.1) is 0 Å². The molecule has 0 bridgehead atoms. The molecule has 1 saturated carbocycles. The monoisotopic (exact) mass is 289 g/mol. The van der Waals surface area contributed by atoms with Crippen LogP contribution in [-0.2, 0) is 4.74 Å². The lowest BCUT2D eigenvalue weighted by Gasteiger charge is -2.41. The van der Waals surface area contributed by atoms with Crippen molar-refractivity contribution in [3.8, 4) is 5.75 Å². The van der Waals surface area contributed by atoms with E-state index in [2.05, 4.69) is 6.92 Å². The highest BCUT2D eigenvalue weighted by Gasteiger charge is 2.41. The Bertz CT molecular complexity index is 394. The van der Waals surface area contributed by atoms with E-state index in [4.69, 9.17) is 38.4 Å². The van der Waals surface area contributed by atoms with Gasteiger partial charge in [-0.1, -0.05) is 30.1 Å². The van der Waals surface area contributed by atoms with Crippen LogP contribution in [0.4, 0.5) is 0 Å². The predicted octanol–water partition coefficient (Wildman–Crippen LogP) is 3.27. The van der Waals surface area contributed by atoms with Gasteiger partial charge in [0.2, 0.25) is 0 Å². The molecule has 3 atom stereocenters. The lowest BCUT2D eigenvalue weighted by molar-refractivity contribution is -0.0980. The van der Waals surface area contributed by atoms with Crippen molar-refractivity contribution in [2.75, 3.05) is 6.61 Å². The van der Waals surface area contributed by atoms with E-state index in [0.29, 0.717) is 22.4 Å². The molecule has 2 rings (SSSR count). The summed E-state index contributed by atoms with van der Waals surface area (Å²) in [6.45, 7) is 2.77. The minimum absolute atomic E-state index is 0.0129. The number of ether oxygens (including phenoxy) is 2. The van der Waals surface area contributed by atoms with Crippen molar-refractivity contribution in [2.45, 2.75) is 38.0 Å². The van der Waals surface area contributed by atoms with Gasteiger partial charge in [0.1, 0.15) is 18.0 Å². The molecule has 0 amide bonds. The highest BCUT2D eigenvalue weighted by Crippen LogP contribution is 2.31. The molecule has 1 aromatic carbocycles. The van der Waals surface area contributed by atoms with Crippen LogP contribution in [-0.4, -0.2) is 24.9 Å². The van der Waals surface area contributed by atoms with Crippen LogP contribution in [0.5, 0.6) is 5.75 Å². The maximum Gasteiger partial charge on any atom is 0.128 e. The number of hydrogen-bond acceptors (Lipinski definition) is 3. The molecule has 1 aliphatic carbocycles. The van der Waals surface area contributed by atoms with E-state index >= 15 is 0 Å². The van der Waals surface area contributed by atoms with Crippen LogP contribution < -0.4 is 10.5 Å². The van der Waals surface area contributed by atoms with E-state index in [1.165, 1.54) is 0 Å². The van der Waals surface area contributed by atoms with Gasteiger partial charge in [0.25, 0.3) is 0 Å². The molecule has 100 valence electrons. The zero-order valence-electron chi connectivity index (χ0n) is 10.2. The zero-order valence-corrected chi connectivity index (χ0v) is 11.7. The molecule has 1 fully saturated rings. The Morgan fingerprint density at radius 3 is 2.50 bits per heavy atom. The summed E-state index contributed by atoms with van der Waals surface area (Å²) in [5.41, 5.74) is 5.91. The SMILES string of the molecule is CCCOC1C(N)CC1Oc1cc(Cl)cc(Cl)c1. The Morgan fingerprint density at radius 1 is 1.28 bits per heavy atom. The summed E-state index contributed by atoms with van der Waals surface area (Å²) in [4.78, 5) is 0. The molecule has 18 heavy (non-hydrogen) atoms. The van der Waals surface area contributed by atoms with Crippen LogP contribution in [0.15, 0.2) is 18.2 Å². The maximum absolute atomic E-state index is 5.92. The van der Waals surface area contributed by atoms with E-state index in [1.807, 2.05) is 0 Å². The maximum atomic E-state index is 5.92. The molecule has 3 nitrogen and oxygen atoms in total. The van der Waals surface area contributed by atoms with Gasteiger partial charge in [-0.25, -0.2) is 0 Å². The van der Waals surface area contributed by atoms with Crippen LogP contribution in [0.3, 0.4) is 0 Å². The highest BCUT2D eigenvalue weighted by atomic mass is 35.5. The van der Waals surface area contributed by atoms with E-state index in [1.54, 1.807) is 18.2 Å². The summed E-state index contributed by atoms with van der Waals surface area (Å²) in [5, 5.41) is 1.12. The van der Waals surface area contributed by atoms with Crippen LogP contribution in [0.2, 0.25) is 10.0 Å². The van der Waals surface area contributed by atoms with Gasteiger partial charge in [0.15, 0.2) is 0 Å². The molecule has 5 heteroatoms. The first-order valence-electron chi connectivity index (χ1n) is 6.10. The first-order valence-corrected chi connectivity index (χ1v) is 6.85. The van der Waals surface area contributed by atoms with Crippen LogP contribution >= 0.6 is 23.2 Å². The van der Waals surface area contributed by atoms with E-state index in [-0.39, 0.29) is 18.2 Å². The van der Waals surface area contributed by atoms with Crippen molar-refractivity contribution >= 4 is 23.2 Å². The van der Waals surface area contributed by atoms with Crippen LogP contribution in [0.25, 0.3) is 0 Å². The smallest absolute Gasteiger partial charge is 0.128 e. The lowest BCUT2D eigenvalue weighted by atomic mass is 9.86. The summed E-state index contributed by atoms with van der Waals surface area (Å²) in [5.74, 6) is 0.662. The van der Waals surface area contributed by atoms with Crippen molar-refractivity contribution in [3.05, 3.63) is 28.2 Å².